The quantitative estimate of drug-likeness (QED) is 0.739. The normalized spacial score (nSPS) is 18.2. The number of aromatic carboxylic acids is 1. The highest BCUT2D eigenvalue weighted by Gasteiger charge is 2.34. The van der Waals surface area contributed by atoms with Crippen LogP contribution >= 0.6 is 0 Å². The molecule has 1 aromatic carbocycles. The lowest BCUT2D eigenvalue weighted by atomic mass is 10.1. The Hall–Kier alpha value is -2.75. The number of hydrogen-bond acceptors (Lipinski definition) is 6. The van der Waals surface area contributed by atoms with Gasteiger partial charge in [0.2, 0.25) is 5.91 Å². The van der Waals surface area contributed by atoms with Crippen LogP contribution in [0.1, 0.15) is 30.3 Å². The van der Waals surface area contributed by atoms with Gasteiger partial charge in [-0.2, -0.15) is 5.10 Å². The highest BCUT2D eigenvalue weighted by Crippen LogP contribution is 2.19. The first-order valence-corrected chi connectivity index (χ1v) is 10.8. The molecule has 1 saturated heterocycles. The number of hydrogen-bond donors (Lipinski definition) is 1. The number of aromatic nitrogens is 2. The molecule has 2 heterocycles. The number of amides is 1. The molecule has 150 valence electrons. The van der Waals surface area contributed by atoms with Gasteiger partial charge in [-0.15, -0.1) is 0 Å². The van der Waals surface area contributed by atoms with Crippen LogP contribution in [0, 0.1) is 0 Å². The summed E-state index contributed by atoms with van der Waals surface area (Å²) >= 11 is 0. The van der Waals surface area contributed by atoms with Crippen LogP contribution in [-0.4, -0.2) is 64.2 Å². The van der Waals surface area contributed by atoms with Crippen molar-refractivity contribution in [3.8, 4) is 0 Å². The maximum absolute atomic E-state index is 12.9. The predicted octanol–water partition coefficient (Wildman–Crippen LogP) is 0.520. The number of carboxylic acid groups (broad SMARTS) is 1. The van der Waals surface area contributed by atoms with E-state index >= 15 is 0 Å². The number of nitrogens with zero attached hydrogens (tertiary/aromatic N) is 3. The Morgan fingerprint density at radius 2 is 1.96 bits per heavy atom. The van der Waals surface area contributed by atoms with E-state index in [2.05, 4.69) is 5.10 Å². The third-order valence-corrected chi connectivity index (χ3v) is 6.54. The molecule has 1 aliphatic heterocycles. The van der Waals surface area contributed by atoms with Crippen LogP contribution in [0.15, 0.2) is 29.1 Å². The summed E-state index contributed by atoms with van der Waals surface area (Å²) in [5.41, 5.74) is -0.877. The minimum Gasteiger partial charge on any atom is -0.476 e. The highest BCUT2D eigenvalue weighted by atomic mass is 32.2. The van der Waals surface area contributed by atoms with Crippen molar-refractivity contribution < 1.29 is 23.1 Å². The van der Waals surface area contributed by atoms with Gasteiger partial charge in [-0.3, -0.25) is 9.59 Å². The van der Waals surface area contributed by atoms with Crippen molar-refractivity contribution in [3.05, 3.63) is 40.3 Å². The Morgan fingerprint density at radius 1 is 1.29 bits per heavy atom. The smallest absolute Gasteiger partial charge is 0.357 e. The van der Waals surface area contributed by atoms with Gasteiger partial charge in [0.25, 0.3) is 5.56 Å². The highest BCUT2D eigenvalue weighted by molar-refractivity contribution is 7.91. The third kappa shape index (κ3) is 3.91. The number of sulfone groups is 1. The van der Waals surface area contributed by atoms with Crippen molar-refractivity contribution in [1.82, 2.24) is 14.7 Å². The zero-order valence-electron chi connectivity index (χ0n) is 15.4. The Morgan fingerprint density at radius 3 is 2.54 bits per heavy atom. The molecule has 9 nitrogen and oxygen atoms in total. The van der Waals surface area contributed by atoms with Gasteiger partial charge < -0.3 is 10.0 Å². The molecule has 1 fully saturated rings. The molecule has 0 radical (unpaired) electrons. The fraction of sp³-hybridized carbons (Fsp3) is 0.444. The second kappa shape index (κ2) is 7.70. The number of carboxylic acids is 1. The van der Waals surface area contributed by atoms with Crippen molar-refractivity contribution in [1.29, 1.82) is 0 Å². The Bertz CT molecular complexity index is 1090. The molecule has 28 heavy (non-hydrogen) atoms. The van der Waals surface area contributed by atoms with Crippen LogP contribution in [0.3, 0.4) is 0 Å². The van der Waals surface area contributed by atoms with Gasteiger partial charge in [0.1, 0.15) is 6.54 Å². The molecule has 0 spiro atoms. The van der Waals surface area contributed by atoms with Gasteiger partial charge >= 0.3 is 5.97 Å². The second-order valence-corrected chi connectivity index (χ2v) is 9.03. The van der Waals surface area contributed by atoms with Crippen LogP contribution in [0.4, 0.5) is 0 Å². The standard InChI is InChI=1S/C18H21N3O6S/c1-2-8-20(12-7-9-28(26,27)11-12)15(22)10-21-17(23)14-6-4-3-5-13(14)16(19-21)18(24)25/h3-6,12H,2,7-11H2,1H3,(H,24,25)/t12-/m0/s1. The molecule has 0 saturated carbocycles. The number of benzene rings is 1. The SMILES string of the molecule is CCCN(C(=O)Cn1nc(C(=O)O)c2ccccc2c1=O)[C@H]1CCS(=O)(=O)C1. The number of rotatable bonds is 6. The lowest BCUT2D eigenvalue weighted by molar-refractivity contribution is -0.134. The Labute approximate surface area is 161 Å². The average molecular weight is 407 g/mol. The largest absolute Gasteiger partial charge is 0.476 e. The summed E-state index contributed by atoms with van der Waals surface area (Å²) in [4.78, 5) is 38.5. The van der Waals surface area contributed by atoms with E-state index in [4.69, 9.17) is 0 Å². The van der Waals surface area contributed by atoms with Gasteiger partial charge in [-0.25, -0.2) is 17.9 Å². The number of carbonyl (C=O) groups is 2. The van der Waals surface area contributed by atoms with Crippen molar-refractivity contribution in [2.24, 2.45) is 0 Å². The molecule has 0 unspecified atom stereocenters. The molecule has 1 aliphatic rings. The molecule has 0 aliphatic carbocycles. The minimum absolute atomic E-state index is 0.0303. The molecule has 10 heteroatoms. The Kier molecular flexibility index (Phi) is 5.50. The average Bonchev–Trinajstić information content (AvgIpc) is 3.01. The van der Waals surface area contributed by atoms with Crippen molar-refractivity contribution in [3.63, 3.8) is 0 Å². The minimum atomic E-state index is -3.18. The summed E-state index contributed by atoms with van der Waals surface area (Å²) in [5.74, 6) is -1.82. The third-order valence-electron chi connectivity index (χ3n) is 4.79. The topological polar surface area (TPSA) is 127 Å². The molecular formula is C18H21N3O6S. The van der Waals surface area contributed by atoms with E-state index in [1.54, 1.807) is 12.1 Å². The van der Waals surface area contributed by atoms with Gasteiger partial charge in [0.05, 0.1) is 16.9 Å². The summed E-state index contributed by atoms with van der Waals surface area (Å²) in [7, 11) is -3.18. The lowest BCUT2D eigenvalue weighted by Crippen LogP contribution is -2.45. The van der Waals surface area contributed by atoms with Crippen LogP contribution in [0.2, 0.25) is 0 Å². The van der Waals surface area contributed by atoms with E-state index in [9.17, 15) is 27.9 Å². The van der Waals surface area contributed by atoms with Crippen molar-refractivity contribution in [2.45, 2.75) is 32.4 Å². The summed E-state index contributed by atoms with van der Waals surface area (Å²) in [6.45, 7) is 1.78. The van der Waals surface area contributed by atoms with Crippen molar-refractivity contribution in [2.75, 3.05) is 18.1 Å². The zero-order valence-corrected chi connectivity index (χ0v) is 16.2. The molecule has 1 atom stereocenters. The first-order valence-electron chi connectivity index (χ1n) is 8.96. The molecule has 3 rings (SSSR count). The van der Waals surface area contributed by atoms with E-state index in [1.165, 1.54) is 17.0 Å². The maximum atomic E-state index is 12.9. The zero-order chi connectivity index (χ0) is 20.5. The van der Waals surface area contributed by atoms with E-state index in [0.717, 1.165) is 4.68 Å². The van der Waals surface area contributed by atoms with Crippen LogP contribution < -0.4 is 5.56 Å². The predicted molar refractivity (Wildman–Crippen MR) is 102 cm³/mol. The second-order valence-electron chi connectivity index (χ2n) is 6.81. The van der Waals surface area contributed by atoms with Crippen molar-refractivity contribution >= 4 is 32.5 Å². The fourth-order valence-electron chi connectivity index (χ4n) is 3.49. The molecule has 1 amide bonds. The van der Waals surface area contributed by atoms with Crippen LogP contribution in [0.25, 0.3) is 10.8 Å². The molecular weight excluding hydrogens is 386 g/mol. The number of fused-ring (bicyclic) bond motifs is 1. The summed E-state index contributed by atoms with van der Waals surface area (Å²) in [6.07, 6.45) is 0.983. The maximum Gasteiger partial charge on any atom is 0.357 e. The Balaban J connectivity index is 1.96. The fourth-order valence-corrected chi connectivity index (χ4v) is 5.22. The van der Waals surface area contributed by atoms with E-state index in [1.807, 2.05) is 6.92 Å². The van der Waals surface area contributed by atoms with Crippen LogP contribution in [-0.2, 0) is 21.2 Å². The van der Waals surface area contributed by atoms with Gasteiger partial charge in [-0.05, 0) is 18.9 Å². The van der Waals surface area contributed by atoms with Gasteiger partial charge in [-0.1, -0.05) is 25.1 Å². The molecule has 2 aromatic rings. The monoisotopic (exact) mass is 407 g/mol. The van der Waals surface area contributed by atoms with E-state index in [0.29, 0.717) is 19.4 Å². The van der Waals surface area contributed by atoms with Crippen LogP contribution in [0.5, 0.6) is 0 Å². The van der Waals surface area contributed by atoms with Gasteiger partial charge in [0, 0.05) is 18.0 Å². The molecule has 1 aromatic heterocycles. The summed E-state index contributed by atoms with van der Waals surface area (Å²) in [6, 6.07) is 5.75. The molecule has 0 bridgehead atoms. The van der Waals surface area contributed by atoms with E-state index in [-0.39, 0.29) is 28.0 Å². The number of carbonyl (C=O) groups excluding carboxylic acids is 1. The first-order chi connectivity index (χ1) is 13.2. The van der Waals surface area contributed by atoms with E-state index < -0.39 is 39.9 Å². The summed E-state index contributed by atoms with van der Waals surface area (Å²) in [5, 5.41) is 13.7. The van der Waals surface area contributed by atoms with Gasteiger partial charge in [0.15, 0.2) is 15.5 Å². The first kappa shape index (κ1) is 20.0. The lowest BCUT2D eigenvalue weighted by Gasteiger charge is -2.28. The summed E-state index contributed by atoms with van der Waals surface area (Å²) < 4.78 is 24.4. The molecule has 1 N–H and O–H groups in total.